The minimum absolute atomic E-state index is 0.404. The molecule has 0 aromatic carbocycles. The maximum atomic E-state index is 5.17. The summed E-state index contributed by atoms with van der Waals surface area (Å²) in [5.74, 6) is 0.895. The average molecular weight is 330 g/mol. The SMILES string of the molecule is CCCNC(CC1CC1)c1c(Br)cnn1CCOC. The fraction of sp³-hybridized carbons (Fsp3) is 0.786. The van der Waals surface area contributed by atoms with Crippen molar-refractivity contribution < 1.29 is 4.74 Å². The zero-order valence-electron chi connectivity index (χ0n) is 11.9. The van der Waals surface area contributed by atoms with Crippen LogP contribution >= 0.6 is 15.9 Å². The quantitative estimate of drug-likeness (QED) is 0.756. The van der Waals surface area contributed by atoms with Gasteiger partial charge in [-0.05, 0) is 41.2 Å². The van der Waals surface area contributed by atoms with Crippen molar-refractivity contribution in [2.75, 3.05) is 20.3 Å². The van der Waals surface area contributed by atoms with Gasteiger partial charge in [-0.25, -0.2) is 0 Å². The van der Waals surface area contributed by atoms with E-state index in [0.29, 0.717) is 12.6 Å². The molecule has 1 unspecified atom stereocenters. The van der Waals surface area contributed by atoms with Crippen LogP contribution in [0, 0.1) is 5.92 Å². The lowest BCUT2D eigenvalue weighted by atomic mass is 10.1. The summed E-state index contributed by atoms with van der Waals surface area (Å²) in [5, 5.41) is 8.13. The standard InChI is InChI=1S/C14H24BrN3O/c1-3-6-16-13(9-11-4-5-11)14-12(15)10-17-18(14)7-8-19-2/h10-11,13,16H,3-9H2,1-2H3. The lowest BCUT2D eigenvalue weighted by Gasteiger charge is -2.20. The molecule has 1 atom stereocenters. The third-order valence-electron chi connectivity index (χ3n) is 3.58. The first-order valence-corrected chi connectivity index (χ1v) is 7.99. The van der Waals surface area contributed by atoms with Crippen molar-refractivity contribution in [1.82, 2.24) is 15.1 Å². The fourth-order valence-corrected chi connectivity index (χ4v) is 2.94. The van der Waals surface area contributed by atoms with E-state index >= 15 is 0 Å². The predicted molar refractivity (Wildman–Crippen MR) is 80.2 cm³/mol. The predicted octanol–water partition coefficient (Wildman–Crippen LogP) is 3.13. The van der Waals surface area contributed by atoms with Gasteiger partial charge in [-0.3, -0.25) is 4.68 Å². The third kappa shape index (κ3) is 4.29. The van der Waals surface area contributed by atoms with E-state index in [1.165, 1.54) is 25.0 Å². The molecule has 0 bridgehead atoms. The molecule has 1 N–H and O–H groups in total. The second kappa shape index (κ2) is 7.41. The molecule has 5 heteroatoms. The Labute approximate surface area is 124 Å². The monoisotopic (exact) mass is 329 g/mol. The van der Waals surface area contributed by atoms with Gasteiger partial charge in [0.1, 0.15) is 0 Å². The maximum Gasteiger partial charge on any atom is 0.0696 e. The minimum atomic E-state index is 0.404. The Morgan fingerprint density at radius 2 is 2.37 bits per heavy atom. The molecular weight excluding hydrogens is 306 g/mol. The number of hydrogen-bond donors (Lipinski definition) is 1. The van der Waals surface area contributed by atoms with Crippen LogP contribution in [0.15, 0.2) is 10.7 Å². The molecule has 1 aliphatic carbocycles. The first kappa shape index (κ1) is 15.0. The van der Waals surface area contributed by atoms with E-state index in [1.807, 2.05) is 6.20 Å². The van der Waals surface area contributed by atoms with Gasteiger partial charge in [0.25, 0.3) is 0 Å². The molecule has 1 aromatic rings. The summed E-state index contributed by atoms with van der Waals surface area (Å²) in [6.45, 7) is 4.77. The number of halogens is 1. The molecule has 1 fully saturated rings. The smallest absolute Gasteiger partial charge is 0.0696 e. The van der Waals surface area contributed by atoms with Crippen LogP contribution in [0.1, 0.15) is 44.3 Å². The van der Waals surface area contributed by atoms with Gasteiger partial charge in [0.15, 0.2) is 0 Å². The van der Waals surface area contributed by atoms with E-state index in [2.05, 4.69) is 38.0 Å². The number of methoxy groups -OCH3 is 1. The van der Waals surface area contributed by atoms with Crippen LogP contribution in [0.5, 0.6) is 0 Å². The Kier molecular flexibility index (Phi) is 5.85. The van der Waals surface area contributed by atoms with Crippen LogP contribution in [0.4, 0.5) is 0 Å². The zero-order chi connectivity index (χ0) is 13.7. The fourth-order valence-electron chi connectivity index (χ4n) is 2.37. The third-order valence-corrected chi connectivity index (χ3v) is 4.19. The molecule has 1 aliphatic rings. The molecule has 0 spiro atoms. The van der Waals surface area contributed by atoms with Crippen LogP contribution in [-0.4, -0.2) is 30.0 Å². The first-order valence-electron chi connectivity index (χ1n) is 7.19. The highest BCUT2D eigenvalue weighted by atomic mass is 79.9. The van der Waals surface area contributed by atoms with Crippen molar-refractivity contribution >= 4 is 15.9 Å². The number of nitrogens with zero attached hydrogens (tertiary/aromatic N) is 2. The Bertz CT molecular complexity index is 390. The van der Waals surface area contributed by atoms with Crippen LogP contribution < -0.4 is 5.32 Å². The first-order chi connectivity index (χ1) is 9.26. The van der Waals surface area contributed by atoms with Crippen molar-refractivity contribution in [3.8, 4) is 0 Å². The van der Waals surface area contributed by atoms with Crippen molar-refractivity contribution in [3.63, 3.8) is 0 Å². The second-order valence-electron chi connectivity index (χ2n) is 5.28. The molecule has 4 nitrogen and oxygen atoms in total. The van der Waals surface area contributed by atoms with Crippen molar-refractivity contribution in [2.45, 2.75) is 45.2 Å². The Hall–Kier alpha value is -0.390. The molecular formula is C14H24BrN3O. The van der Waals surface area contributed by atoms with Gasteiger partial charge in [0.2, 0.25) is 0 Å². The normalized spacial score (nSPS) is 16.8. The van der Waals surface area contributed by atoms with E-state index in [0.717, 1.165) is 29.9 Å². The summed E-state index contributed by atoms with van der Waals surface area (Å²) < 4.78 is 8.35. The topological polar surface area (TPSA) is 39.1 Å². The largest absolute Gasteiger partial charge is 0.383 e. The molecule has 0 aliphatic heterocycles. The summed E-state index contributed by atoms with van der Waals surface area (Å²) in [6.07, 6.45) is 7.04. The summed E-state index contributed by atoms with van der Waals surface area (Å²) in [6, 6.07) is 0.404. The van der Waals surface area contributed by atoms with Gasteiger partial charge in [0, 0.05) is 7.11 Å². The lowest BCUT2D eigenvalue weighted by Crippen LogP contribution is -2.26. The average Bonchev–Trinajstić information content (AvgIpc) is 3.15. The summed E-state index contributed by atoms with van der Waals surface area (Å²) in [5.41, 5.74) is 1.28. The number of hydrogen-bond acceptors (Lipinski definition) is 3. The van der Waals surface area contributed by atoms with Crippen molar-refractivity contribution in [1.29, 1.82) is 0 Å². The lowest BCUT2D eigenvalue weighted by molar-refractivity contribution is 0.181. The van der Waals surface area contributed by atoms with E-state index < -0.39 is 0 Å². The van der Waals surface area contributed by atoms with E-state index in [4.69, 9.17) is 4.74 Å². The molecule has 108 valence electrons. The van der Waals surface area contributed by atoms with Gasteiger partial charge in [-0.1, -0.05) is 19.8 Å². The van der Waals surface area contributed by atoms with Gasteiger partial charge >= 0.3 is 0 Å². The summed E-state index contributed by atoms with van der Waals surface area (Å²) in [7, 11) is 1.73. The van der Waals surface area contributed by atoms with Crippen LogP contribution in [-0.2, 0) is 11.3 Å². The number of rotatable bonds is 9. The highest BCUT2D eigenvalue weighted by Crippen LogP contribution is 2.39. The Balaban J connectivity index is 2.10. The van der Waals surface area contributed by atoms with Gasteiger partial charge < -0.3 is 10.1 Å². The molecule has 2 rings (SSSR count). The number of aromatic nitrogens is 2. The van der Waals surface area contributed by atoms with E-state index in [-0.39, 0.29) is 0 Å². The molecule has 19 heavy (non-hydrogen) atoms. The van der Waals surface area contributed by atoms with Crippen LogP contribution in [0.3, 0.4) is 0 Å². The van der Waals surface area contributed by atoms with Gasteiger partial charge in [0.05, 0.1) is 35.6 Å². The maximum absolute atomic E-state index is 5.17. The minimum Gasteiger partial charge on any atom is -0.383 e. The highest BCUT2D eigenvalue weighted by molar-refractivity contribution is 9.10. The Morgan fingerprint density at radius 1 is 1.58 bits per heavy atom. The summed E-state index contributed by atoms with van der Waals surface area (Å²) in [4.78, 5) is 0. The molecule has 0 saturated heterocycles. The zero-order valence-corrected chi connectivity index (χ0v) is 13.4. The number of nitrogens with one attached hydrogen (secondary N) is 1. The van der Waals surface area contributed by atoms with Crippen molar-refractivity contribution in [3.05, 3.63) is 16.4 Å². The van der Waals surface area contributed by atoms with Crippen molar-refractivity contribution in [2.24, 2.45) is 5.92 Å². The highest BCUT2D eigenvalue weighted by Gasteiger charge is 2.28. The van der Waals surface area contributed by atoms with Gasteiger partial charge in [-0.2, -0.15) is 5.10 Å². The molecule has 0 radical (unpaired) electrons. The molecule has 1 saturated carbocycles. The summed E-state index contributed by atoms with van der Waals surface area (Å²) >= 11 is 3.65. The van der Waals surface area contributed by atoms with Crippen LogP contribution in [0.25, 0.3) is 0 Å². The molecule has 0 amide bonds. The number of ether oxygens (including phenoxy) is 1. The van der Waals surface area contributed by atoms with E-state index in [9.17, 15) is 0 Å². The van der Waals surface area contributed by atoms with E-state index in [1.54, 1.807) is 7.11 Å². The van der Waals surface area contributed by atoms with Crippen LogP contribution in [0.2, 0.25) is 0 Å². The molecule has 1 aromatic heterocycles. The molecule has 1 heterocycles. The Morgan fingerprint density at radius 3 is 3.00 bits per heavy atom. The van der Waals surface area contributed by atoms with Gasteiger partial charge in [-0.15, -0.1) is 0 Å². The second-order valence-corrected chi connectivity index (χ2v) is 6.13.